The molecule has 1 aromatic carbocycles. The van der Waals surface area contributed by atoms with Gasteiger partial charge in [-0.2, -0.15) is 0 Å². The van der Waals surface area contributed by atoms with E-state index in [2.05, 4.69) is 15.3 Å². The third kappa shape index (κ3) is 3.19. The van der Waals surface area contributed by atoms with Crippen LogP contribution in [0, 0.1) is 13.8 Å². The van der Waals surface area contributed by atoms with Crippen LogP contribution >= 0.6 is 0 Å². The molecule has 2 heterocycles. The molecule has 23 heavy (non-hydrogen) atoms. The van der Waals surface area contributed by atoms with E-state index in [0.29, 0.717) is 17.5 Å². The van der Waals surface area contributed by atoms with E-state index < -0.39 is 15.4 Å². The minimum atomic E-state index is -3.06. The number of hydrogen-bond donors (Lipinski definition) is 1. The molecule has 0 radical (unpaired) electrons. The zero-order valence-corrected chi connectivity index (χ0v) is 14.2. The number of benzene rings is 1. The van der Waals surface area contributed by atoms with Crippen molar-refractivity contribution in [3.8, 4) is 0 Å². The average molecular weight is 333 g/mol. The lowest BCUT2D eigenvalue weighted by Gasteiger charge is -2.23. The Morgan fingerprint density at radius 2 is 1.83 bits per heavy atom. The lowest BCUT2D eigenvalue weighted by Crippen LogP contribution is -2.46. The Morgan fingerprint density at radius 3 is 2.43 bits per heavy atom. The highest BCUT2D eigenvalue weighted by molar-refractivity contribution is 7.91. The van der Waals surface area contributed by atoms with Crippen LogP contribution in [0.2, 0.25) is 0 Å². The molecule has 0 unspecified atom stereocenters. The zero-order valence-electron chi connectivity index (χ0n) is 13.4. The van der Waals surface area contributed by atoms with E-state index >= 15 is 0 Å². The van der Waals surface area contributed by atoms with E-state index in [1.165, 1.54) is 0 Å². The van der Waals surface area contributed by atoms with Gasteiger partial charge in [0.1, 0.15) is 0 Å². The van der Waals surface area contributed by atoms with Gasteiger partial charge in [0, 0.05) is 5.56 Å². The van der Waals surface area contributed by atoms with Gasteiger partial charge < -0.3 is 5.32 Å². The number of aryl methyl sites for hydroxylation is 2. The summed E-state index contributed by atoms with van der Waals surface area (Å²) >= 11 is 0. The van der Waals surface area contributed by atoms with Crippen LogP contribution in [0.25, 0.3) is 11.0 Å². The summed E-state index contributed by atoms with van der Waals surface area (Å²) < 4.78 is 23.3. The predicted octanol–water partition coefficient (Wildman–Crippen LogP) is 1.55. The molecule has 1 aliphatic heterocycles. The Hall–Kier alpha value is -2.02. The summed E-state index contributed by atoms with van der Waals surface area (Å²) in [5.74, 6) is -0.186. The number of carbonyl (C=O) groups is 1. The molecular weight excluding hydrogens is 314 g/mol. The highest BCUT2D eigenvalue weighted by atomic mass is 32.2. The Labute approximate surface area is 135 Å². The summed E-state index contributed by atoms with van der Waals surface area (Å²) in [7, 11) is -3.06. The molecule has 1 aromatic heterocycles. The molecule has 0 bridgehead atoms. The largest absolute Gasteiger partial charge is 0.346 e. The molecule has 1 aliphatic rings. The fourth-order valence-corrected chi connectivity index (χ4v) is 4.92. The van der Waals surface area contributed by atoms with Crippen molar-refractivity contribution in [2.45, 2.75) is 32.7 Å². The standard InChI is InChI=1S/C16H19N3O3S/c1-10-11(2)18-14-8-12(4-5-13(14)17-10)15(20)19-16(3)6-7-23(21,22)9-16/h4-5,8H,6-7,9H2,1-3H3,(H,19,20)/t16-/m1/s1. The number of amides is 1. The first-order valence-corrected chi connectivity index (χ1v) is 9.28. The lowest BCUT2D eigenvalue weighted by atomic mass is 10.0. The van der Waals surface area contributed by atoms with E-state index in [4.69, 9.17) is 0 Å². The molecule has 1 fully saturated rings. The van der Waals surface area contributed by atoms with Crippen LogP contribution in [-0.2, 0) is 9.84 Å². The number of rotatable bonds is 2. The molecule has 1 saturated heterocycles. The SMILES string of the molecule is Cc1nc2ccc(C(=O)N[C@]3(C)CCS(=O)(=O)C3)cc2nc1C. The molecule has 7 heteroatoms. The number of carbonyl (C=O) groups excluding carboxylic acids is 1. The van der Waals surface area contributed by atoms with Crippen LogP contribution in [0.15, 0.2) is 18.2 Å². The Bertz CT molecular complexity index is 908. The van der Waals surface area contributed by atoms with Crippen molar-refractivity contribution >= 4 is 26.8 Å². The first kappa shape index (κ1) is 15.9. The van der Waals surface area contributed by atoms with Crippen molar-refractivity contribution in [2.75, 3.05) is 11.5 Å². The monoisotopic (exact) mass is 333 g/mol. The maximum atomic E-state index is 12.5. The van der Waals surface area contributed by atoms with E-state index in [1.54, 1.807) is 25.1 Å². The van der Waals surface area contributed by atoms with E-state index in [1.807, 2.05) is 13.8 Å². The van der Waals surface area contributed by atoms with Crippen molar-refractivity contribution in [3.05, 3.63) is 35.2 Å². The van der Waals surface area contributed by atoms with Crippen molar-refractivity contribution in [1.29, 1.82) is 0 Å². The minimum Gasteiger partial charge on any atom is -0.346 e. The number of sulfone groups is 1. The minimum absolute atomic E-state index is 0.0164. The van der Waals surface area contributed by atoms with Crippen LogP contribution in [0.1, 0.15) is 35.1 Å². The lowest BCUT2D eigenvalue weighted by molar-refractivity contribution is 0.0915. The topological polar surface area (TPSA) is 89.0 Å². The van der Waals surface area contributed by atoms with Crippen LogP contribution in [0.3, 0.4) is 0 Å². The number of nitrogens with zero attached hydrogens (tertiary/aromatic N) is 2. The van der Waals surface area contributed by atoms with Gasteiger partial charge in [-0.15, -0.1) is 0 Å². The van der Waals surface area contributed by atoms with Gasteiger partial charge in [0.05, 0.1) is 39.5 Å². The van der Waals surface area contributed by atoms with Crippen LogP contribution in [-0.4, -0.2) is 41.3 Å². The number of hydrogen-bond acceptors (Lipinski definition) is 5. The fraction of sp³-hybridized carbons (Fsp3) is 0.438. The van der Waals surface area contributed by atoms with Crippen molar-refractivity contribution in [2.24, 2.45) is 0 Å². The molecule has 3 rings (SSSR count). The molecule has 6 nitrogen and oxygen atoms in total. The predicted molar refractivity (Wildman–Crippen MR) is 88.2 cm³/mol. The molecule has 0 spiro atoms. The van der Waals surface area contributed by atoms with Crippen molar-refractivity contribution in [3.63, 3.8) is 0 Å². The molecule has 2 aromatic rings. The van der Waals surface area contributed by atoms with E-state index in [9.17, 15) is 13.2 Å². The Balaban J connectivity index is 1.88. The molecule has 122 valence electrons. The van der Waals surface area contributed by atoms with Gasteiger partial charge in [-0.1, -0.05) is 0 Å². The number of fused-ring (bicyclic) bond motifs is 1. The maximum absolute atomic E-state index is 12.5. The first-order valence-electron chi connectivity index (χ1n) is 7.45. The van der Waals surface area contributed by atoms with Gasteiger partial charge in [0.2, 0.25) is 0 Å². The van der Waals surface area contributed by atoms with Crippen LogP contribution < -0.4 is 5.32 Å². The molecule has 0 saturated carbocycles. The molecular formula is C16H19N3O3S. The van der Waals surface area contributed by atoms with Gasteiger partial charge in [0.15, 0.2) is 9.84 Å². The van der Waals surface area contributed by atoms with Crippen LogP contribution in [0.4, 0.5) is 0 Å². The Morgan fingerprint density at radius 1 is 1.17 bits per heavy atom. The van der Waals surface area contributed by atoms with Gasteiger partial charge >= 0.3 is 0 Å². The van der Waals surface area contributed by atoms with E-state index in [-0.39, 0.29) is 17.4 Å². The highest BCUT2D eigenvalue weighted by Crippen LogP contribution is 2.23. The number of aromatic nitrogens is 2. The zero-order chi connectivity index (χ0) is 16.8. The number of nitrogens with one attached hydrogen (secondary N) is 1. The second-order valence-electron chi connectivity index (χ2n) is 6.45. The second-order valence-corrected chi connectivity index (χ2v) is 8.64. The quantitative estimate of drug-likeness (QED) is 0.901. The van der Waals surface area contributed by atoms with Gasteiger partial charge in [-0.3, -0.25) is 4.79 Å². The third-order valence-corrected chi connectivity index (χ3v) is 6.16. The second kappa shape index (κ2) is 5.26. The smallest absolute Gasteiger partial charge is 0.251 e. The van der Waals surface area contributed by atoms with E-state index in [0.717, 1.165) is 16.9 Å². The molecule has 0 aliphatic carbocycles. The summed E-state index contributed by atoms with van der Waals surface area (Å²) in [5.41, 5.74) is 2.83. The summed E-state index contributed by atoms with van der Waals surface area (Å²) in [5, 5.41) is 2.85. The molecule has 1 N–H and O–H groups in total. The summed E-state index contributed by atoms with van der Waals surface area (Å²) in [6.45, 7) is 5.53. The summed E-state index contributed by atoms with van der Waals surface area (Å²) in [6, 6.07) is 5.14. The van der Waals surface area contributed by atoms with Crippen molar-refractivity contribution in [1.82, 2.24) is 15.3 Å². The molecule has 1 amide bonds. The highest BCUT2D eigenvalue weighted by Gasteiger charge is 2.39. The molecule has 1 atom stereocenters. The fourth-order valence-electron chi connectivity index (χ4n) is 2.83. The summed E-state index contributed by atoms with van der Waals surface area (Å²) in [6.07, 6.45) is 0.437. The van der Waals surface area contributed by atoms with Gasteiger partial charge in [0.25, 0.3) is 5.91 Å². The maximum Gasteiger partial charge on any atom is 0.251 e. The Kier molecular flexibility index (Phi) is 3.63. The summed E-state index contributed by atoms with van der Waals surface area (Å²) in [4.78, 5) is 21.3. The van der Waals surface area contributed by atoms with Gasteiger partial charge in [-0.25, -0.2) is 18.4 Å². The van der Waals surface area contributed by atoms with Gasteiger partial charge in [-0.05, 0) is 45.4 Å². The van der Waals surface area contributed by atoms with Crippen LogP contribution in [0.5, 0.6) is 0 Å². The third-order valence-electron chi connectivity index (χ3n) is 4.26. The van der Waals surface area contributed by atoms with Crippen molar-refractivity contribution < 1.29 is 13.2 Å². The normalized spacial score (nSPS) is 23.1. The first-order chi connectivity index (χ1) is 10.7. The average Bonchev–Trinajstić information content (AvgIpc) is 2.73.